The Morgan fingerprint density at radius 1 is 1.00 bits per heavy atom. The predicted octanol–water partition coefficient (Wildman–Crippen LogP) is 4.98. The summed E-state index contributed by atoms with van der Waals surface area (Å²) in [6.45, 7) is 6.10. The maximum absolute atomic E-state index is 9.51. The fourth-order valence-electron chi connectivity index (χ4n) is 2.71. The van der Waals surface area contributed by atoms with E-state index >= 15 is 0 Å². The molecule has 1 aromatic heterocycles. The van der Waals surface area contributed by atoms with Gasteiger partial charge in [-0.2, -0.15) is 5.10 Å². The Morgan fingerprint density at radius 3 is 2.28 bits per heavy atom. The normalized spacial score (nSPS) is 11.6. The maximum atomic E-state index is 9.51. The molecule has 0 bridgehead atoms. The molecule has 0 unspecified atom stereocenters. The summed E-state index contributed by atoms with van der Waals surface area (Å²) < 4.78 is 0. The molecule has 5 heteroatoms. The maximum Gasteiger partial charge on any atom is 0.243 e. The van der Waals surface area contributed by atoms with Crippen molar-refractivity contribution in [3.05, 3.63) is 47.3 Å². The van der Waals surface area contributed by atoms with E-state index in [4.69, 9.17) is 0 Å². The molecule has 0 aliphatic heterocycles. The number of aryl methyl sites for hydroxylation is 2. The van der Waals surface area contributed by atoms with Gasteiger partial charge in [0.1, 0.15) is 5.75 Å². The molecule has 0 spiro atoms. The number of nitrogens with zero attached hydrogens (tertiary/aromatic N) is 3. The van der Waals surface area contributed by atoms with E-state index in [0.717, 1.165) is 35.5 Å². The third kappa shape index (κ3) is 6.53. The van der Waals surface area contributed by atoms with Crippen molar-refractivity contribution in [3.63, 3.8) is 0 Å². The number of hydrogen-bond donors (Lipinski definition) is 2. The Bertz CT molecular complexity index is 675. The zero-order valence-electron chi connectivity index (χ0n) is 15.4. The van der Waals surface area contributed by atoms with Crippen LogP contribution in [-0.4, -0.2) is 20.8 Å². The van der Waals surface area contributed by atoms with Crippen molar-refractivity contribution in [2.45, 2.75) is 59.3 Å². The van der Waals surface area contributed by atoms with E-state index < -0.39 is 0 Å². The summed E-state index contributed by atoms with van der Waals surface area (Å²) in [7, 11) is 0. The monoisotopic (exact) mass is 340 g/mol. The minimum Gasteiger partial charge on any atom is -0.508 e. The van der Waals surface area contributed by atoms with E-state index in [9.17, 15) is 5.11 Å². The molecule has 5 nitrogen and oxygen atoms in total. The average Bonchev–Trinajstić information content (AvgIpc) is 2.57. The lowest BCUT2D eigenvalue weighted by atomic mass is 10.0. The molecule has 0 fully saturated rings. The van der Waals surface area contributed by atoms with Crippen molar-refractivity contribution in [1.29, 1.82) is 0 Å². The number of unbranched alkanes of at least 4 members (excludes halogenated alkanes) is 4. The van der Waals surface area contributed by atoms with E-state index in [1.165, 1.54) is 25.7 Å². The number of anilines is 1. The van der Waals surface area contributed by atoms with Gasteiger partial charge in [0.05, 0.1) is 5.71 Å². The van der Waals surface area contributed by atoms with Gasteiger partial charge in [-0.25, -0.2) is 15.4 Å². The van der Waals surface area contributed by atoms with Crippen molar-refractivity contribution in [1.82, 2.24) is 9.97 Å². The molecule has 0 radical (unpaired) electrons. The van der Waals surface area contributed by atoms with E-state index in [0.29, 0.717) is 5.95 Å². The van der Waals surface area contributed by atoms with E-state index in [1.807, 2.05) is 32.0 Å². The predicted molar refractivity (Wildman–Crippen MR) is 103 cm³/mol. The second-order valence-electron chi connectivity index (χ2n) is 6.36. The Hall–Kier alpha value is -2.43. The molecule has 134 valence electrons. The number of rotatable bonds is 9. The molecule has 2 N–H and O–H groups in total. The third-order valence-electron chi connectivity index (χ3n) is 3.99. The number of nitrogens with one attached hydrogen (secondary N) is 1. The minimum absolute atomic E-state index is 0.261. The smallest absolute Gasteiger partial charge is 0.243 e. The standard InChI is InChI=1S/C20H28N4O/c1-4-5-6-7-8-9-19(17-10-12-18(25)13-11-17)23-24-20-21-15(2)14-16(3)22-20/h10-14,25H,4-9H2,1-3H3,(H,21,22,24)/b23-19+. The average molecular weight is 340 g/mol. The zero-order valence-corrected chi connectivity index (χ0v) is 15.4. The molecule has 25 heavy (non-hydrogen) atoms. The Balaban J connectivity index is 2.10. The summed E-state index contributed by atoms with van der Waals surface area (Å²) >= 11 is 0. The van der Waals surface area contributed by atoms with Crippen molar-refractivity contribution in [3.8, 4) is 5.75 Å². The quantitative estimate of drug-likeness (QED) is 0.384. The number of aromatic hydroxyl groups is 1. The van der Waals surface area contributed by atoms with Gasteiger partial charge in [0.2, 0.25) is 5.95 Å². The Morgan fingerprint density at radius 2 is 1.64 bits per heavy atom. The van der Waals surface area contributed by atoms with Gasteiger partial charge >= 0.3 is 0 Å². The lowest BCUT2D eigenvalue weighted by Crippen LogP contribution is -2.07. The largest absolute Gasteiger partial charge is 0.508 e. The van der Waals surface area contributed by atoms with Crippen LogP contribution in [0.2, 0.25) is 0 Å². The van der Waals surface area contributed by atoms with Gasteiger partial charge in [0.15, 0.2) is 0 Å². The van der Waals surface area contributed by atoms with Crippen LogP contribution < -0.4 is 5.43 Å². The van der Waals surface area contributed by atoms with Gasteiger partial charge in [-0.05, 0) is 62.6 Å². The molecule has 0 aliphatic carbocycles. The van der Waals surface area contributed by atoms with E-state index in [1.54, 1.807) is 12.1 Å². The molecule has 0 aliphatic rings. The van der Waals surface area contributed by atoms with Crippen LogP contribution in [0.15, 0.2) is 35.4 Å². The molecular formula is C20H28N4O. The highest BCUT2D eigenvalue weighted by Crippen LogP contribution is 2.15. The SMILES string of the molecule is CCCCCCC/C(=N\Nc1nc(C)cc(C)n1)c1ccc(O)cc1. The highest BCUT2D eigenvalue weighted by atomic mass is 16.3. The zero-order chi connectivity index (χ0) is 18.1. The van der Waals surface area contributed by atoms with Crippen LogP contribution in [0.1, 0.15) is 62.4 Å². The number of aromatic nitrogens is 2. The fourth-order valence-corrected chi connectivity index (χ4v) is 2.71. The summed E-state index contributed by atoms with van der Waals surface area (Å²) in [6.07, 6.45) is 6.95. The summed E-state index contributed by atoms with van der Waals surface area (Å²) in [5.74, 6) is 0.774. The molecule has 0 saturated carbocycles. The van der Waals surface area contributed by atoms with Crippen LogP contribution in [0, 0.1) is 13.8 Å². The lowest BCUT2D eigenvalue weighted by Gasteiger charge is -2.09. The number of hydrazone groups is 1. The van der Waals surface area contributed by atoms with Crippen LogP contribution in [0.5, 0.6) is 5.75 Å². The van der Waals surface area contributed by atoms with Gasteiger partial charge in [-0.1, -0.05) is 32.6 Å². The number of benzene rings is 1. The number of hydrogen-bond acceptors (Lipinski definition) is 5. The summed E-state index contributed by atoms with van der Waals surface area (Å²) in [4.78, 5) is 8.73. The van der Waals surface area contributed by atoms with Gasteiger partial charge in [0.25, 0.3) is 0 Å². The Kier molecular flexibility index (Phi) is 7.38. The molecule has 1 heterocycles. The van der Waals surface area contributed by atoms with Crippen LogP contribution in [0.3, 0.4) is 0 Å². The highest BCUT2D eigenvalue weighted by Gasteiger charge is 2.06. The Labute approximate surface area is 150 Å². The number of phenolic OH excluding ortho intramolecular Hbond substituents is 1. The fraction of sp³-hybridized carbons (Fsp3) is 0.450. The second-order valence-corrected chi connectivity index (χ2v) is 6.36. The van der Waals surface area contributed by atoms with E-state index in [2.05, 4.69) is 27.4 Å². The molecule has 0 atom stereocenters. The molecular weight excluding hydrogens is 312 g/mol. The van der Waals surface area contributed by atoms with Gasteiger partial charge in [0, 0.05) is 11.4 Å². The van der Waals surface area contributed by atoms with Crippen molar-refractivity contribution in [2.24, 2.45) is 5.10 Å². The third-order valence-corrected chi connectivity index (χ3v) is 3.99. The van der Waals surface area contributed by atoms with Crippen molar-refractivity contribution < 1.29 is 5.11 Å². The topological polar surface area (TPSA) is 70.4 Å². The van der Waals surface area contributed by atoms with Crippen molar-refractivity contribution in [2.75, 3.05) is 5.43 Å². The first-order valence-corrected chi connectivity index (χ1v) is 9.02. The summed E-state index contributed by atoms with van der Waals surface area (Å²) in [6, 6.07) is 9.10. The molecule has 0 amide bonds. The first kappa shape index (κ1) is 18.9. The molecule has 1 aromatic carbocycles. The summed E-state index contributed by atoms with van der Waals surface area (Å²) in [5, 5.41) is 14.1. The van der Waals surface area contributed by atoms with Gasteiger partial charge < -0.3 is 5.11 Å². The molecule has 2 rings (SSSR count). The van der Waals surface area contributed by atoms with Crippen LogP contribution in [0.4, 0.5) is 5.95 Å². The van der Waals surface area contributed by atoms with Gasteiger partial charge in [-0.3, -0.25) is 0 Å². The molecule has 0 saturated heterocycles. The minimum atomic E-state index is 0.261. The molecule has 2 aromatic rings. The first-order valence-electron chi connectivity index (χ1n) is 9.02. The second kappa shape index (κ2) is 9.77. The lowest BCUT2D eigenvalue weighted by molar-refractivity contribution is 0.475. The van der Waals surface area contributed by atoms with Crippen LogP contribution in [0.25, 0.3) is 0 Å². The van der Waals surface area contributed by atoms with Crippen LogP contribution >= 0.6 is 0 Å². The first-order chi connectivity index (χ1) is 12.1. The van der Waals surface area contributed by atoms with E-state index in [-0.39, 0.29) is 5.75 Å². The van der Waals surface area contributed by atoms with Gasteiger partial charge in [-0.15, -0.1) is 0 Å². The van der Waals surface area contributed by atoms with Crippen LogP contribution in [-0.2, 0) is 0 Å². The highest BCUT2D eigenvalue weighted by molar-refractivity contribution is 6.00. The van der Waals surface area contributed by atoms with Crippen molar-refractivity contribution >= 4 is 11.7 Å². The number of phenols is 1. The summed E-state index contributed by atoms with van der Waals surface area (Å²) in [5.41, 5.74) is 6.78.